The molecule has 0 saturated carbocycles. The van der Waals surface area contributed by atoms with E-state index in [-0.39, 0.29) is 5.54 Å². The molecule has 0 aromatic heterocycles. The van der Waals surface area contributed by atoms with Crippen LogP contribution in [0, 0.1) is 0 Å². The molecule has 0 radical (unpaired) electrons. The minimum absolute atomic E-state index is 0.213. The van der Waals surface area contributed by atoms with Crippen molar-refractivity contribution in [3.8, 4) is 0 Å². The molecule has 0 aromatic carbocycles. The Morgan fingerprint density at radius 3 is 2.36 bits per heavy atom. The number of likely N-dealkylation sites (N-methyl/N-ethyl adjacent to an activating group) is 1. The molecule has 0 atom stereocenters. The molecule has 0 aliphatic carbocycles. The van der Waals surface area contributed by atoms with Gasteiger partial charge in [-0.1, -0.05) is 13.8 Å². The summed E-state index contributed by atoms with van der Waals surface area (Å²) in [6, 6.07) is 0.556. The molecule has 0 amide bonds. The highest BCUT2D eigenvalue weighted by Crippen LogP contribution is 2.14. The normalized spacial score (nSPS) is 21.8. The van der Waals surface area contributed by atoms with E-state index >= 15 is 0 Å². The predicted molar refractivity (Wildman–Crippen MR) is 45.7 cm³/mol. The van der Waals surface area contributed by atoms with Gasteiger partial charge in [-0.2, -0.15) is 0 Å². The van der Waals surface area contributed by atoms with Crippen LogP contribution >= 0.6 is 0 Å². The quantitative estimate of drug-likeness (QED) is 0.603. The second-order valence-corrected chi connectivity index (χ2v) is 3.56. The van der Waals surface area contributed by atoms with Crippen LogP contribution in [0.5, 0.6) is 0 Å². The monoisotopic (exact) mass is 158 g/mol. The van der Waals surface area contributed by atoms with E-state index in [0.29, 0.717) is 6.04 Å². The highest BCUT2D eigenvalue weighted by atomic mass is 16.5. The SMILES string of the molecule is CNC1(CNC(C)C)COC1. The number of nitrogens with one attached hydrogen (secondary N) is 2. The van der Waals surface area contributed by atoms with Crippen molar-refractivity contribution >= 4 is 0 Å². The Bertz CT molecular complexity index is 116. The summed E-state index contributed by atoms with van der Waals surface area (Å²) in [5.41, 5.74) is 0.213. The molecule has 2 N–H and O–H groups in total. The molecule has 1 heterocycles. The van der Waals surface area contributed by atoms with Gasteiger partial charge in [0.15, 0.2) is 0 Å². The summed E-state index contributed by atoms with van der Waals surface area (Å²) in [6.07, 6.45) is 0. The first kappa shape index (κ1) is 8.97. The topological polar surface area (TPSA) is 33.3 Å². The second kappa shape index (κ2) is 3.52. The zero-order chi connectivity index (χ0) is 8.32. The van der Waals surface area contributed by atoms with Crippen LogP contribution in [0.25, 0.3) is 0 Å². The molecule has 1 rings (SSSR count). The molecular formula is C8H18N2O. The van der Waals surface area contributed by atoms with Gasteiger partial charge in [-0.05, 0) is 7.05 Å². The van der Waals surface area contributed by atoms with Crippen LogP contribution in [0.2, 0.25) is 0 Å². The van der Waals surface area contributed by atoms with E-state index in [1.54, 1.807) is 0 Å². The van der Waals surface area contributed by atoms with Crippen molar-refractivity contribution in [2.24, 2.45) is 0 Å². The van der Waals surface area contributed by atoms with E-state index in [4.69, 9.17) is 4.74 Å². The summed E-state index contributed by atoms with van der Waals surface area (Å²) in [4.78, 5) is 0. The van der Waals surface area contributed by atoms with Crippen LogP contribution < -0.4 is 10.6 Å². The molecule has 3 heteroatoms. The van der Waals surface area contributed by atoms with Gasteiger partial charge in [0.05, 0.1) is 18.8 Å². The molecule has 3 nitrogen and oxygen atoms in total. The van der Waals surface area contributed by atoms with E-state index in [1.807, 2.05) is 7.05 Å². The molecule has 0 unspecified atom stereocenters. The van der Waals surface area contributed by atoms with Crippen LogP contribution in [0.4, 0.5) is 0 Å². The molecule has 1 saturated heterocycles. The first-order valence-corrected chi connectivity index (χ1v) is 4.18. The molecule has 11 heavy (non-hydrogen) atoms. The molecule has 0 aromatic rings. The average Bonchev–Trinajstić information content (AvgIpc) is 1.86. The Hall–Kier alpha value is -0.120. The molecule has 66 valence electrons. The number of ether oxygens (including phenoxy) is 1. The summed E-state index contributed by atoms with van der Waals surface area (Å²) in [5.74, 6) is 0. The van der Waals surface area contributed by atoms with Crippen molar-refractivity contribution in [2.45, 2.75) is 25.4 Å². The molecule has 1 aliphatic rings. The van der Waals surface area contributed by atoms with Crippen molar-refractivity contribution in [1.82, 2.24) is 10.6 Å². The Kier molecular flexibility index (Phi) is 2.87. The van der Waals surface area contributed by atoms with Gasteiger partial charge in [0.1, 0.15) is 0 Å². The largest absolute Gasteiger partial charge is 0.377 e. The second-order valence-electron chi connectivity index (χ2n) is 3.56. The van der Waals surface area contributed by atoms with Crippen molar-refractivity contribution in [3.63, 3.8) is 0 Å². The molecule has 0 spiro atoms. The fourth-order valence-electron chi connectivity index (χ4n) is 1.08. The van der Waals surface area contributed by atoms with Crippen LogP contribution in [0.3, 0.4) is 0 Å². The van der Waals surface area contributed by atoms with E-state index in [9.17, 15) is 0 Å². The van der Waals surface area contributed by atoms with Crippen LogP contribution in [-0.2, 0) is 4.74 Å². The Balaban J connectivity index is 2.22. The minimum atomic E-state index is 0.213. The van der Waals surface area contributed by atoms with Crippen molar-refractivity contribution in [3.05, 3.63) is 0 Å². The number of hydrogen-bond acceptors (Lipinski definition) is 3. The lowest BCUT2D eigenvalue weighted by Crippen LogP contribution is -2.64. The summed E-state index contributed by atoms with van der Waals surface area (Å²) in [5, 5.41) is 6.68. The molecule has 1 fully saturated rings. The van der Waals surface area contributed by atoms with Crippen molar-refractivity contribution < 1.29 is 4.74 Å². The third kappa shape index (κ3) is 2.15. The molecule has 1 aliphatic heterocycles. The van der Waals surface area contributed by atoms with Gasteiger partial charge < -0.3 is 15.4 Å². The Morgan fingerprint density at radius 1 is 1.45 bits per heavy atom. The van der Waals surface area contributed by atoms with Crippen molar-refractivity contribution in [1.29, 1.82) is 0 Å². The smallest absolute Gasteiger partial charge is 0.0777 e. The summed E-state index contributed by atoms with van der Waals surface area (Å²) in [6.45, 7) is 6.99. The molecular weight excluding hydrogens is 140 g/mol. The minimum Gasteiger partial charge on any atom is -0.377 e. The van der Waals surface area contributed by atoms with Gasteiger partial charge in [-0.15, -0.1) is 0 Å². The number of hydrogen-bond donors (Lipinski definition) is 2. The summed E-state index contributed by atoms with van der Waals surface area (Å²) < 4.78 is 5.16. The van der Waals surface area contributed by atoms with E-state index in [0.717, 1.165) is 19.8 Å². The third-order valence-corrected chi connectivity index (χ3v) is 2.14. The first-order chi connectivity index (χ1) is 5.18. The highest BCUT2D eigenvalue weighted by molar-refractivity contribution is 4.95. The van der Waals surface area contributed by atoms with E-state index in [2.05, 4.69) is 24.5 Å². The Labute approximate surface area is 68.5 Å². The first-order valence-electron chi connectivity index (χ1n) is 4.18. The van der Waals surface area contributed by atoms with Crippen LogP contribution in [0.1, 0.15) is 13.8 Å². The highest BCUT2D eigenvalue weighted by Gasteiger charge is 2.36. The van der Waals surface area contributed by atoms with Gasteiger partial charge in [-0.3, -0.25) is 0 Å². The summed E-state index contributed by atoms with van der Waals surface area (Å²) >= 11 is 0. The van der Waals surface area contributed by atoms with Gasteiger partial charge in [0.2, 0.25) is 0 Å². The van der Waals surface area contributed by atoms with Gasteiger partial charge >= 0.3 is 0 Å². The van der Waals surface area contributed by atoms with Crippen molar-refractivity contribution in [2.75, 3.05) is 26.8 Å². The lowest BCUT2D eigenvalue weighted by Gasteiger charge is -2.41. The van der Waals surface area contributed by atoms with E-state index < -0.39 is 0 Å². The average molecular weight is 158 g/mol. The maximum atomic E-state index is 5.16. The lowest BCUT2D eigenvalue weighted by molar-refractivity contribution is -0.0698. The van der Waals surface area contributed by atoms with Gasteiger partial charge in [0, 0.05) is 12.6 Å². The fourth-order valence-corrected chi connectivity index (χ4v) is 1.08. The van der Waals surface area contributed by atoms with Crippen LogP contribution in [0.15, 0.2) is 0 Å². The number of rotatable bonds is 4. The van der Waals surface area contributed by atoms with E-state index in [1.165, 1.54) is 0 Å². The van der Waals surface area contributed by atoms with Gasteiger partial charge in [-0.25, -0.2) is 0 Å². The maximum absolute atomic E-state index is 5.16. The fraction of sp³-hybridized carbons (Fsp3) is 1.00. The lowest BCUT2D eigenvalue weighted by atomic mass is 9.97. The molecule has 0 bridgehead atoms. The third-order valence-electron chi connectivity index (χ3n) is 2.14. The maximum Gasteiger partial charge on any atom is 0.0777 e. The standard InChI is InChI=1S/C8H18N2O/c1-7(2)10-4-8(9-3)5-11-6-8/h7,9-10H,4-6H2,1-3H3. The summed E-state index contributed by atoms with van der Waals surface area (Å²) in [7, 11) is 1.99. The zero-order valence-electron chi connectivity index (χ0n) is 7.61. The van der Waals surface area contributed by atoms with Crippen LogP contribution in [-0.4, -0.2) is 38.4 Å². The Morgan fingerprint density at radius 2 is 2.09 bits per heavy atom. The zero-order valence-corrected chi connectivity index (χ0v) is 7.61. The van der Waals surface area contributed by atoms with Gasteiger partial charge in [0.25, 0.3) is 0 Å². The predicted octanol–water partition coefficient (Wildman–Crippen LogP) is -0.0272.